The summed E-state index contributed by atoms with van der Waals surface area (Å²) in [6.45, 7) is 16.5. The van der Waals surface area contributed by atoms with Crippen molar-refractivity contribution in [3.63, 3.8) is 0 Å². The monoisotopic (exact) mass is 961 g/mol. The van der Waals surface area contributed by atoms with E-state index in [2.05, 4.69) is 238 Å². The molecule has 0 radical (unpaired) electrons. The Bertz CT molecular complexity index is 1970. The van der Waals surface area contributed by atoms with Crippen LogP contribution in [-0.4, -0.2) is 135 Å². The van der Waals surface area contributed by atoms with E-state index in [0.717, 1.165) is 0 Å². The summed E-state index contributed by atoms with van der Waals surface area (Å²) < 4.78 is 0. The molecule has 0 saturated heterocycles. The number of halogens is 3. The molecule has 0 atom stereocenters. The summed E-state index contributed by atoms with van der Waals surface area (Å²) in [6, 6.07) is 7.77. The Labute approximate surface area is 412 Å². The predicted octanol–water partition coefficient (Wildman–Crippen LogP) is -3.45. The van der Waals surface area contributed by atoms with Crippen LogP contribution in [0.5, 0.6) is 0 Å². The molecule has 344 valence electrons. The topological polar surface area (TPSA) is 29.2 Å². The van der Waals surface area contributed by atoms with Crippen LogP contribution in [0, 0.1) is 48.5 Å². The Balaban J connectivity index is 0.00000930. The fourth-order valence-electron chi connectivity index (χ4n) is 10.3. The normalized spacial score (nSPS) is 10.8. The third-order valence-corrected chi connectivity index (χ3v) is 17.7. The quantitative estimate of drug-likeness (QED) is 0.0773. The molecule has 0 amide bonds. The maximum Gasteiger partial charge on any atom is 4.00 e. The van der Waals surface area contributed by atoms with Crippen molar-refractivity contribution >= 4 is 80.0 Å². The number of benzene rings is 3. The van der Waals surface area contributed by atoms with E-state index in [1.807, 2.05) is 0 Å². The van der Waals surface area contributed by atoms with E-state index in [-0.39, 0.29) is 58.9 Å². The number of hydrogen-bond donors (Lipinski definition) is 0. The maximum absolute atomic E-state index is 3.48. The third kappa shape index (κ3) is 9.53. The van der Waals surface area contributed by atoms with Gasteiger partial charge >= 0.3 is 21.7 Å². The first-order chi connectivity index (χ1) is 26.7. The zero-order valence-electron chi connectivity index (χ0n) is 42.9. The summed E-state index contributed by atoms with van der Waals surface area (Å²) >= 11 is 0. The van der Waals surface area contributed by atoms with Crippen LogP contribution in [-0.2, 0) is 21.7 Å². The first-order valence-electron chi connectivity index (χ1n) is 20.5. The van der Waals surface area contributed by atoms with E-state index in [9.17, 15) is 0 Å². The van der Waals surface area contributed by atoms with Crippen LogP contribution in [0.15, 0.2) is 18.2 Å². The molecule has 0 aliphatic heterocycles. The number of nitrogens with zero attached hydrogens (tertiary/aromatic N) is 9. The van der Waals surface area contributed by atoms with Gasteiger partial charge in [-0.15, -0.1) is 0 Å². The summed E-state index contributed by atoms with van der Waals surface area (Å²) in [6.07, 6.45) is 0. The predicted molar refractivity (Wildman–Crippen MR) is 268 cm³/mol. The summed E-state index contributed by atoms with van der Waals surface area (Å²) in [5, 5.41) is 5.68. The average Bonchev–Trinajstić information content (AvgIpc) is 3.28. The van der Waals surface area contributed by atoms with Gasteiger partial charge in [0, 0.05) is 144 Å². The van der Waals surface area contributed by atoms with Crippen LogP contribution in [0.2, 0.25) is 0 Å². The summed E-state index contributed by atoms with van der Waals surface area (Å²) in [5.74, 6) is 0. The molecule has 4 aromatic rings. The van der Waals surface area contributed by atoms with Crippen LogP contribution in [0.4, 0.5) is 51.2 Å². The Kier molecular flexibility index (Phi) is 20.7. The minimum Gasteiger partial charge on any atom is -1.00 e. The zero-order chi connectivity index (χ0) is 44.4. The summed E-state index contributed by atoms with van der Waals surface area (Å²) in [4.78, 5) is 21.1. The molecule has 62 heavy (non-hydrogen) atoms. The van der Waals surface area contributed by atoms with Crippen LogP contribution >= 0.6 is 0 Å². The van der Waals surface area contributed by atoms with Gasteiger partial charge in [0.2, 0.25) is 0 Å². The zero-order valence-corrected chi connectivity index (χ0v) is 47.7. The molecule has 4 rings (SSSR count). The van der Waals surface area contributed by atoms with Crippen LogP contribution in [0.1, 0.15) is 38.9 Å². The molecule has 0 saturated carbocycles. The smallest absolute Gasteiger partial charge is 1.00 e. The van der Waals surface area contributed by atoms with Gasteiger partial charge in [0.1, 0.15) is 0 Å². The van der Waals surface area contributed by atoms with Crippen molar-refractivity contribution in [1.29, 1.82) is 0 Å². The number of rotatable bonds is 13. The first-order valence-corrected chi connectivity index (χ1v) is 22.5. The van der Waals surface area contributed by atoms with Crippen molar-refractivity contribution in [2.45, 2.75) is 48.5 Å². The molecule has 4 aromatic carbocycles. The number of hydrogen-bond acceptors (Lipinski definition) is 9. The van der Waals surface area contributed by atoms with E-state index in [4.69, 9.17) is 0 Å². The van der Waals surface area contributed by atoms with Crippen LogP contribution < -0.4 is 102 Å². The van der Waals surface area contributed by atoms with Crippen LogP contribution in [0.3, 0.4) is 0 Å². The average molecular weight is 964 g/mol. The van der Waals surface area contributed by atoms with E-state index < -0.39 is 8.07 Å². The second-order valence-corrected chi connectivity index (χ2v) is 22.1. The van der Waals surface area contributed by atoms with E-state index >= 15 is 0 Å². The Morgan fingerprint density at radius 2 is 0.565 bits per heavy atom. The Morgan fingerprint density at radius 1 is 0.339 bits per heavy atom. The number of anilines is 9. The molecule has 0 aliphatic rings. The molecule has 0 fully saturated rings. The summed E-state index contributed by atoms with van der Waals surface area (Å²) in [5.41, 5.74) is 20.6. The molecule has 0 aromatic heterocycles. The third-order valence-electron chi connectivity index (χ3n) is 12.6. The van der Waals surface area contributed by atoms with Gasteiger partial charge in [0.05, 0.1) is 34.1 Å². The van der Waals surface area contributed by atoms with Gasteiger partial charge < -0.3 is 81.3 Å². The second kappa shape index (κ2) is 21.8. The van der Waals surface area contributed by atoms with Gasteiger partial charge in [0.15, 0.2) is 8.07 Å². The van der Waals surface area contributed by atoms with Crippen molar-refractivity contribution in [3.8, 4) is 0 Å². The minimum atomic E-state index is -3.48. The Hall–Kier alpha value is -2.99. The molecule has 0 N–H and O–H groups in total. The molecule has 9 nitrogen and oxygen atoms in total. The fraction of sp³-hybridized carbons (Fsp3) is 0.521. The van der Waals surface area contributed by atoms with Gasteiger partial charge in [-0.3, -0.25) is 0 Å². The molecule has 0 aliphatic carbocycles. The first kappa shape index (κ1) is 59.0. The van der Waals surface area contributed by atoms with Gasteiger partial charge in [-0.05, 0) is 71.2 Å². The minimum absolute atomic E-state index is 0. The van der Waals surface area contributed by atoms with Gasteiger partial charge in [-0.1, -0.05) is 27.7 Å². The van der Waals surface area contributed by atoms with Gasteiger partial charge in [0.25, 0.3) is 0 Å². The van der Waals surface area contributed by atoms with Gasteiger partial charge in [-0.2, -0.15) is 27.4 Å². The van der Waals surface area contributed by atoms with Crippen molar-refractivity contribution in [1.82, 2.24) is 0 Å². The molecule has 0 unspecified atom stereocenters. The molecule has 0 heterocycles. The van der Waals surface area contributed by atoms with Crippen molar-refractivity contribution < 1.29 is 58.9 Å². The fourth-order valence-corrected chi connectivity index (χ4v) is 16.8. The second-order valence-electron chi connectivity index (χ2n) is 18.5. The standard InChI is InChI=1S/C48H78N9Si.3ClH.Ti/c1-29-30(2)32(4)48(31(29)3)58(39-26-36(49(8)9)42(52(14)15)33(5)45(39)55(20)21,40-27-37(50(10)11)43(53(16)17)34(6)46(40)56(22)23)41-28-38(51(12)13)44(54(18)19)35(7)47(41)57(24)25;;;;/h26-28H,1-25H3;3*1H;/q-1;;;;+4/p-3. The van der Waals surface area contributed by atoms with Crippen molar-refractivity contribution in [2.75, 3.05) is 171 Å². The molecule has 0 bridgehead atoms. The molecule has 14 heteroatoms. The van der Waals surface area contributed by atoms with Crippen LogP contribution in [0.25, 0.3) is 0 Å². The largest absolute Gasteiger partial charge is 4.00 e. The van der Waals surface area contributed by atoms with Crippen molar-refractivity contribution in [3.05, 3.63) is 57.1 Å². The van der Waals surface area contributed by atoms with Crippen molar-refractivity contribution in [2.24, 2.45) is 0 Å². The van der Waals surface area contributed by atoms with E-state index in [1.165, 1.54) is 111 Å². The van der Waals surface area contributed by atoms with Gasteiger partial charge in [-0.25, -0.2) is 0 Å². The molecular weight excluding hydrogens is 885 g/mol. The molecule has 0 spiro atoms. The SMILES string of the molecule is Cc1c(N(C)C)c(N(C)C)cc([Si](c2cc(N(C)C)c(N(C)C)c(C)c2N(C)C)(c2cc(N(C)C)c(N(C)C)c(C)c2N(C)C)c2c(C)c(C)c(C)[c-]2C)c1N(C)C.[Cl-].[Cl-].[Cl-].[Ti+4]. The summed E-state index contributed by atoms with van der Waals surface area (Å²) in [7, 11) is 36.3. The molecular formula is C48H78Cl3N9SiTi. The van der Waals surface area contributed by atoms with E-state index in [0.29, 0.717) is 0 Å². The Morgan fingerprint density at radius 3 is 0.726 bits per heavy atom. The maximum atomic E-state index is 2.59. The van der Waals surface area contributed by atoms with E-state index in [1.54, 1.807) is 0 Å².